The molecule has 1 amide bonds. The molecular formula is C17H23F3N2O2. The van der Waals surface area contributed by atoms with Crippen LogP contribution in [0, 0.1) is 13.8 Å². The van der Waals surface area contributed by atoms with Crippen LogP contribution in [-0.4, -0.2) is 49.3 Å². The highest BCUT2D eigenvalue weighted by molar-refractivity contribution is 5.92. The molecule has 1 saturated heterocycles. The molecular weight excluding hydrogens is 321 g/mol. The first-order valence-corrected chi connectivity index (χ1v) is 7.87. The summed E-state index contributed by atoms with van der Waals surface area (Å²) in [6.45, 7) is 4.30. The van der Waals surface area contributed by atoms with Crippen LogP contribution in [0.25, 0.3) is 0 Å². The van der Waals surface area contributed by atoms with Gasteiger partial charge in [0.1, 0.15) is 0 Å². The molecule has 2 rings (SSSR count). The molecule has 0 bridgehead atoms. The molecule has 24 heavy (non-hydrogen) atoms. The van der Waals surface area contributed by atoms with Crippen LogP contribution in [0.2, 0.25) is 0 Å². The highest BCUT2D eigenvalue weighted by atomic mass is 19.4. The van der Waals surface area contributed by atoms with Gasteiger partial charge in [0.2, 0.25) is 5.91 Å². The van der Waals surface area contributed by atoms with E-state index in [0.29, 0.717) is 5.69 Å². The molecule has 1 N–H and O–H groups in total. The Hall–Kier alpha value is -1.60. The lowest BCUT2D eigenvalue weighted by Crippen LogP contribution is -2.55. The number of piperidine rings is 1. The van der Waals surface area contributed by atoms with Crippen molar-refractivity contribution in [2.24, 2.45) is 0 Å². The van der Waals surface area contributed by atoms with E-state index in [-0.39, 0.29) is 38.4 Å². The summed E-state index contributed by atoms with van der Waals surface area (Å²) < 4.78 is 44.1. The summed E-state index contributed by atoms with van der Waals surface area (Å²) in [6.07, 6.45) is -4.72. The van der Waals surface area contributed by atoms with Gasteiger partial charge < -0.3 is 10.1 Å². The highest BCUT2D eigenvalue weighted by Crippen LogP contribution is 2.41. The third kappa shape index (κ3) is 4.27. The Labute approximate surface area is 140 Å². The quantitative estimate of drug-likeness (QED) is 0.911. The van der Waals surface area contributed by atoms with Crippen LogP contribution in [0.1, 0.15) is 24.0 Å². The maximum absolute atomic E-state index is 13.1. The van der Waals surface area contributed by atoms with Gasteiger partial charge in [-0.15, -0.1) is 0 Å². The van der Waals surface area contributed by atoms with Crippen molar-refractivity contribution in [3.05, 3.63) is 29.3 Å². The second kappa shape index (κ2) is 7.11. The van der Waals surface area contributed by atoms with Gasteiger partial charge in [-0.2, -0.15) is 13.2 Å². The maximum Gasteiger partial charge on any atom is 0.417 e. The summed E-state index contributed by atoms with van der Waals surface area (Å²) in [7, 11) is 1.09. The Morgan fingerprint density at radius 3 is 2.21 bits per heavy atom. The van der Waals surface area contributed by atoms with Crippen LogP contribution in [0.15, 0.2) is 18.2 Å². The molecule has 1 aliphatic heterocycles. The second-order valence-corrected chi connectivity index (χ2v) is 6.40. The first-order chi connectivity index (χ1) is 11.1. The molecule has 0 aromatic heterocycles. The zero-order valence-electron chi connectivity index (χ0n) is 14.2. The molecule has 0 unspecified atom stereocenters. The van der Waals surface area contributed by atoms with Crippen molar-refractivity contribution in [1.82, 2.24) is 4.90 Å². The number of ether oxygens (including phenoxy) is 1. The van der Waals surface area contributed by atoms with E-state index in [2.05, 4.69) is 5.32 Å². The standard InChI is InChI=1S/C17H23F3N2O2/c1-12-8-13(2)10-14(9-12)21-15(23)11-22-6-4-16(24-3,5-7-22)17(18,19)20/h8-10H,4-7,11H2,1-3H3,(H,21,23). The van der Waals surface area contributed by atoms with Crippen molar-refractivity contribution in [2.45, 2.75) is 38.5 Å². The SMILES string of the molecule is COC1(C(F)(F)F)CCN(CC(=O)Nc2cc(C)cc(C)c2)CC1. The Morgan fingerprint density at radius 2 is 1.75 bits per heavy atom. The van der Waals surface area contributed by atoms with Crippen LogP contribution < -0.4 is 5.32 Å². The van der Waals surface area contributed by atoms with E-state index in [4.69, 9.17) is 4.74 Å². The molecule has 4 nitrogen and oxygen atoms in total. The number of alkyl halides is 3. The van der Waals surface area contributed by atoms with Crippen molar-refractivity contribution in [3.8, 4) is 0 Å². The summed E-state index contributed by atoms with van der Waals surface area (Å²) in [4.78, 5) is 13.8. The van der Waals surface area contributed by atoms with Crippen molar-refractivity contribution in [2.75, 3.05) is 32.1 Å². The van der Waals surface area contributed by atoms with Gasteiger partial charge in [0.15, 0.2) is 5.60 Å². The normalized spacial score (nSPS) is 18.4. The molecule has 1 fully saturated rings. The van der Waals surface area contributed by atoms with Crippen LogP contribution in [0.4, 0.5) is 18.9 Å². The number of nitrogens with zero attached hydrogens (tertiary/aromatic N) is 1. The third-order valence-corrected chi connectivity index (χ3v) is 4.44. The zero-order valence-corrected chi connectivity index (χ0v) is 14.2. The maximum atomic E-state index is 13.1. The summed E-state index contributed by atoms with van der Waals surface area (Å²) >= 11 is 0. The first-order valence-electron chi connectivity index (χ1n) is 7.87. The minimum absolute atomic E-state index is 0.0740. The fourth-order valence-corrected chi connectivity index (χ4v) is 3.13. The van der Waals surface area contributed by atoms with Gasteiger partial charge in [-0.3, -0.25) is 9.69 Å². The van der Waals surface area contributed by atoms with Crippen molar-refractivity contribution in [3.63, 3.8) is 0 Å². The highest BCUT2D eigenvalue weighted by Gasteiger charge is 2.56. The summed E-state index contributed by atoms with van der Waals surface area (Å²) in [5.74, 6) is -0.225. The number of hydrogen-bond acceptors (Lipinski definition) is 3. The number of anilines is 1. The van der Waals surface area contributed by atoms with E-state index in [1.165, 1.54) is 0 Å². The third-order valence-electron chi connectivity index (χ3n) is 4.44. The van der Waals surface area contributed by atoms with Gasteiger partial charge in [-0.25, -0.2) is 0 Å². The number of aryl methyl sites for hydroxylation is 2. The smallest absolute Gasteiger partial charge is 0.369 e. The minimum atomic E-state index is -4.39. The molecule has 0 spiro atoms. The molecule has 1 aromatic rings. The van der Waals surface area contributed by atoms with Crippen LogP contribution in [-0.2, 0) is 9.53 Å². The molecule has 1 aliphatic rings. The fourth-order valence-electron chi connectivity index (χ4n) is 3.13. The molecule has 134 valence electrons. The number of carbonyl (C=O) groups is 1. The summed E-state index contributed by atoms with van der Waals surface area (Å²) in [6, 6.07) is 5.73. The first kappa shape index (κ1) is 18.7. The zero-order chi connectivity index (χ0) is 18.0. The van der Waals surface area contributed by atoms with E-state index in [1.807, 2.05) is 32.0 Å². The molecule has 0 aliphatic carbocycles. The number of nitrogens with one attached hydrogen (secondary N) is 1. The van der Waals surface area contributed by atoms with Gasteiger partial charge in [-0.05, 0) is 49.9 Å². The van der Waals surface area contributed by atoms with Crippen LogP contribution in [0.3, 0.4) is 0 Å². The molecule has 0 atom stereocenters. The average molecular weight is 344 g/mol. The summed E-state index contributed by atoms with van der Waals surface area (Å²) in [5, 5.41) is 2.80. The number of benzene rings is 1. The van der Waals surface area contributed by atoms with Gasteiger partial charge in [0.05, 0.1) is 6.54 Å². The Balaban J connectivity index is 1.90. The van der Waals surface area contributed by atoms with Crippen LogP contribution in [0.5, 0.6) is 0 Å². The predicted octanol–water partition coefficient (Wildman–Crippen LogP) is 3.29. The Kier molecular flexibility index (Phi) is 5.55. The van der Waals surface area contributed by atoms with E-state index in [1.54, 1.807) is 4.90 Å². The largest absolute Gasteiger partial charge is 0.417 e. The van der Waals surface area contributed by atoms with Crippen molar-refractivity contribution >= 4 is 11.6 Å². The van der Waals surface area contributed by atoms with E-state index >= 15 is 0 Å². The van der Waals surface area contributed by atoms with Gasteiger partial charge in [-0.1, -0.05) is 6.07 Å². The Bertz CT molecular complexity index is 574. The predicted molar refractivity (Wildman–Crippen MR) is 86.0 cm³/mol. The Morgan fingerprint density at radius 1 is 1.21 bits per heavy atom. The van der Waals surface area contributed by atoms with Crippen molar-refractivity contribution < 1.29 is 22.7 Å². The number of likely N-dealkylation sites (tertiary alicyclic amines) is 1. The fraction of sp³-hybridized carbons (Fsp3) is 0.588. The molecule has 7 heteroatoms. The van der Waals surface area contributed by atoms with E-state index < -0.39 is 11.8 Å². The van der Waals surface area contributed by atoms with Gasteiger partial charge in [0.25, 0.3) is 0 Å². The number of hydrogen-bond donors (Lipinski definition) is 1. The lowest BCUT2D eigenvalue weighted by Gasteiger charge is -2.41. The summed E-state index contributed by atoms with van der Waals surface area (Å²) in [5.41, 5.74) is 0.695. The number of rotatable bonds is 4. The lowest BCUT2D eigenvalue weighted by molar-refractivity contribution is -0.282. The molecule has 0 radical (unpaired) electrons. The molecule has 1 aromatic carbocycles. The second-order valence-electron chi connectivity index (χ2n) is 6.40. The van der Waals surface area contributed by atoms with Crippen molar-refractivity contribution in [1.29, 1.82) is 0 Å². The molecule has 0 saturated carbocycles. The average Bonchev–Trinajstić information content (AvgIpc) is 2.45. The van der Waals surface area contributed by atoms with E-state index in [0.717, 1.165) is 18.2 Å². The monoisotopic (exact) mass is 344 g/mol. The molecule has 1 heterocycles. The minimum Gasteiger partial charge on any atom is -0.369 e. The van der Waals surface area contributed by atoms with Crippen LogP contribution >= 0.6 is 0 Å². The lowest BCUT2D eigenvalue weighted by atomic mass is 9.90. The van der Waals surface area contributed by atoms with E-state index in [9.17, 15) is 18.0 Å². The topological polar surface area (TPSA) is 41.6 Å². The number of amides is 1. The van der Waals surface area contributed by atoms with Gasteiger partial charge in [0, 0.05) is 25.9 Å². The number of carbonyl (C=O) groups excluding carboxylic acids is 1. The number of halogens is 3. The number of methoxy groups -OCH3 is 1. The van der Waals surface area contributed by atoms with Gasteiger partial charge >= 0.3 is 6.18 Å².